The number of likely N-dealkylation sites (N-methyl/N-ethyl adjacent to an activating group) is 1. The molecule has 1 saturated carbocycles. The van der Waals surface area contributed by atoms with Gasteiger partial charge in [-0.05, 0) is 72.8 Å². The van der Waals surface area contributed by atoms with Crippen LogP contribution in [0, 0.1) is 5.92 Å². The van der Waals surface area contributed by atoms with Crippen molar-refractivity contribution in [3.63, 3.8) is 0 Å². The standard InChI is InChI=1S/C27H29Cl2N3O2S/c1-15(2)22-23(25(34)31(4)20-13-21(33)14-20)35-26-30-27(3,17-7-11-19(29)12-8-17)24(32(22)26)16-5-9-18(28)10-6-16/h5-12,15,20-21,24,33H,13-14H2,1-4H3/t20-,21-,24-,27+/m1/s1. The first-order chi connectivity index (χ1) is 16.6. The average Bonchev–Trinajstić information content (AvgIpc) is 3.29. The van der Waals surface area contributed by atoms with E-state index >= 15 is 0 Å². The third kappa shape index (κ3) is 4.18. The third-order valence-electron chi connectivity index (χ3n) is 7.32. The summed E-state index contributed by atoms with van der Waals surface area (Å²) in [6, 6.07) is 15.7. The molecular weight excluding hydrogens is 501 g/mol. The molecule has 1 aliphatic carbocycles. The van der Waals surface area contributed by atoms with Gasteiger partial charge in [-0.25, -0.2) is 4.99 Å². The summed E-state index contributed by atoms with van der Waals surface area (Å²) in [5.41, 5.74) is 2.54. The molecule has 1 fully saturated rings. The van der Waals surface area contributed by atoms with Gasteiger partial charge in [-0.3, -0.25) is 4.79 Å². The number of benzene rings is 2. The van der Waals surface area contributed by atoms with Crippen LogP contribution in [0.4, 0.5) is 0 Å². The molecular formula is C27H29Cl2N3O2S. The van der Waals surface area contributed by atoms with Gasteiger partial charge in [-0.1, -0.05) is 61.3 Å². The maximum atomic E-state index is 13.6. The monoisotopic (exact) mass is 529 g/mol. The number of halogens is 2. The van der Waals surface area contributed by atoms with E-state index in [0.29, 0.717) is 22.9 Å². The number of amides is 1. The highest BCUT2D eigenvalue weighted by Gasteiger charge is 2.53. The fourth-order valence-corrected chi connectivity index (χ4v) is 6.91. The lowest BCUT2D eigenvalue weighted by Gasteiger charge is -2.39. The van der Waals surface area contributed by atoms with Gasteiger partial charge in [0.25, 0.3) is 5.91 Å². The summed E-state index contributed by atoms with van der Waals surface area (Å²) in [5.74, 6) is 0.104. The van der Waals surface area contributed by atoms with Crippen molar-refractivity contribution in [1.82, 2.24) is 9.80 Å². The quantitative estimate of drug-likeness (QED) is 0.499. The summed E-state index contributed by atoms with van der Waals surface area (Å²) in [7, 11) is 1.84. The van der Waals surface area contributed by atoms with Crippen LogP contribution in [0.15, 0.2) is 64.1 Å². The van der Waals surface area contributed by atoms with Crippen LogP contribution in [0.25, 0.3) is 0 Å². The van der Waals surface area contributed by atoms with Crippen LogP contribution in [-0.4, -0.2) is 45.2 Å². The molecule has 0 radical (unpaired) electrons. The van der Waals surface area contributed by atoms with E-state index in [4.69, 9.17) is 28.2 Å². The molecule has 0 aromatic heterocycles. The first-order valence-electron chi connectivity index (χ1n) is 11.9. The Hall–Kier alpha value is -1.99. The van der Waals surface area contributed by atoms with Crippen LogP contribution in [0.3, 0.4) is 0 Å². The van der Waals surface area contributed by atoms with E-state index in [-0.39, 0.29) is 30.0 Å². The lowest BCUT2D eigenvalue weighted by Crippen LogP contribution is -2.48. The lowest BCUT2D eigenvalue weighted by molar-refractivity contribution is -0.131. The summed E-state index contributed by atoms with van der Waals surface area (Å²) in [6.45, 7) is 6.38. The maximum absolute atomic E-state index is 13.6. The van der Waals surface area contributed by atoms with Gasteiger partial charge in [0.15, 0.2) is 5.17 Å². The number of rotatable bonds is 5. The topological polar surface area (TPSA) is 56.1 Å². The molecule has 2 aromatic carbocycles. The number of hydrogen-bond acceptors (Lipinski definition) is 5. The predicted octanol–water partition coefficient (Wildman–Crippen LogP) is 6.22. The Bertz CT molecular complexity index is 1210. The lowest BCUT2D eigenvalue weighted by atomic mass is 9.81. The fraction of sp³-hybridized carbons (Fsp3) is 0.407. The minimum absolute atomic E-state index is 0.00393. The van der Waals surface area contributed by atoms with Crippen molar-refractivity contribution in [3.05, 3.63) is 80.3 Å². The zero-order valence-corrected chi connectivity index (χ0v) is 22.5. The summed E-state index contributed by atoms with van der Waals surface area (Å²) >= 11 is 13.9. The number of aliphatic hydroxyl groups excluding tert-OH is 1. The second-order valence-corrected chi connectivity index (χ2v) is 11.9. The van der Waals surface area contributed by atoms with Crippen LogP contribution >= 0.6 is 35.0 Å². The minimum Gasteiger partial charge on any atom is -0.393 e. The van der Waals surface area contributed by atoms with Crippen LogP contribution in [0.5, 0.6) is 0 Å². The molecule has 5 rings (SSSR count). The van der Waals surface area contributed by atoms with Crippen molar-refractivity contribution in [1.29, 1.82) is 0 Å². The molecule has 0 unspecified atom stereocenters. The van der Waals surface area contributed by atoms with Crippen molar-refractivity contribution in [2.75, 3.05) is 7.05 Å². The molecule has 2 aromatic rings. The molecule has 3 aliphatic rings. The van der Waals surface area contributed by atoms with Crippen molar-refractivity contribution in [2.45, 2.75) is 57.3 Å². The highest BCUT2D eigenvalue weighted by molar-refractivity contribution is 8.18. The van der Waals surface area contributed by atoms with Crippen LogP contribution in [0.2, 0.25) is 10.0 Å². The number of nitrogens with zero attached hydrogens (tertiary/aromatic N) is 3. The number of aliphatic imine (C=N–C) groups is 1. The van der Waals surface area contributed by atoms with Gasteiger partial charge in [-0.15, -0.1) is 0 Å². The van der Waals surface area contributed by atoms with Gasteiger partial charge in [0.2, 0.25) is 0 Å². The third-order valence-corrected chi connectivity index (χ3v) is 8.88. The van der Waals surface area contributed by atoms with Crippen molar-refractivity contribution in [2.24, 2.45) is 10.9 Å². The molecule has 2 aliphatic heterocycles. The van der Waals surface area contributed by atoms with E-state index in [2.05, 4.69) is 25.7 Å². The molecule has 1 N–H and O–H groups in total. The minimum atomic E-state index is -0.584. The Kier molecular flexibility index (Phi) is 6.45. The van der Waals surface area contributed by atoms with Crippen LogP contribution < -0.4 is 0 Å². The molecule has 8 heteroatoms. The molecule has 0 spiro atoms. The normalized spacial score (nSPS) is 27.7. The Balaban J connectivity index is 1.60. The SMILES string of the molecule is CC(C)C1=C(C(=O)N(C)[C@H]2C[C@H](O)C2)SC2=N[C@@](C)(c3ccc(Cl)cc3)[C@@H](c3ccc(Cl)cc3)N21. The number of carbonyl (C=O) groups is 1. The van der Waals surface area contributed by atoms with Gasteiger partial charge in [-0.2, -0.15) is 0 Å². The molecule has 2 atom stereocenters. The Labute approximate surface area is 220 Å². The van der Waals surface area contributed by atoms with Crippen molar-refractivity contribution < 1.29 is 9.90 Å². The van der Waals surface area contributed by atoms with Gasteiger partial charge < -0.3 is 14.9 Å². The van der Waals surface area contributed by atoms with E-state index in [9.17, 15) is 9.90 Å². The largest absolute Gasteiger partial charge is 0.393 e. The van der Waals surface area contributed by atoms with Crippen molar-refractivity contribution >= 4 is 46.0 Å². The molecule has 5 nitrogen and oxygen atoms in total. The Morgan fingerprint density at radius 3 is 2.23 bits per heavy atom. The Morgan fingerprint density at radius 1 is 1.11 bits per heavy atom. The van der Waals surface area contributed by atoms with Crippen molar-refractivity contribution in [3.8, 4) is 0 Å². The Morgan fingerprint density at radius 2 is 1.69 bits per heavy atom. The fourth-order valence-electron chi connectivity index (χ4n) is 5.27. The van der Waals surface area contributed by atoms with Gasteiger partial charge in [0, 0.05) is 28.8 Å². The second kappa shape index (κ2) is 9.15. The van der Waals surface area contributed by atoms with Crippen LogP contribution in [-0.2, 0) is 10.3 Å². The summed E-state index contributed by atoms with van der Waals surface area (Å²) in [5, 5.41) is 11.9. The van der Waals surface area contributed by atoms with E-state index < -0.39 is 5.54 Å². The summed E-state index contributed by atoms with van der Waals surface area (Å²) < 4.78 is 0. The molecule has 0 bridgehead atoms. The van der Waals surface area contributed by atoms with Gasteiger partial charge in [0.05, 0.1) is 12.1 Å². The number of allylic oxidation sites excluding steroid dienone is 1. The molecule has 35 heavy (non-hydrogen) atoms. The highest BCUT2D eigenvalue weighted by Crippen LogP contribution is 2.56. The van der Waals surface area contributed by atoms with Crippen LogP contribution in [0.1, 0.15) is 50.8 Å². The summed E-state index contributed by atoms with van der Waals surface area (Å²) in [4.78, 5) is 23.7. The number of carbonyl (C=O) groups excluding carboxylic acids is 1. The first kappa shape index (κ1) is 24.7. The number of aliphatic hydroxyl groups is 1. The smallest absolute Gasteiger partial charge is 0.262 e. The molecule has 1 amide bonds. The summed E-state index contributed by atoms with van der Waals surface area (Å²) in [6.07, 6.45) is 0.945. The number of amidine groups is 1. The molecule has 0 saturated heterocycles. The maximum Gasteiger partial charge on any atom is 0.262 e. The first-order valence-corrected chi connectivity index (χ1v) is 13.4. The predicted molar refractivity (Wildman–Crippen MR) is 144 cm³/mol. The van der Waals surface area contributed by atoms with E-state index in [0.717, 1.165) is 26.9 Å². The molecule has 184 valence electrons. The van der Waals surface area contributed by atoms with Gasteiger partial charge >= 0.3 is 0 Å². The zero-order valence-electron chi connectivity index (χ0n) is 20.2. The molecule has 2 heterocycles. The zero-order chi connectivity index (χ0) is 25.1. The van der Waals surface area contributed by atoms with E-state index in [1.807, 2.05) is 55.6 Å². The average molecular weight is 531 g/mol. The number of thioether (sulfide) groups is 1. The number of fused-ring (bicyclic) bond motifs is 1. The van der Waals surface area contributed by atoms with E-state index in [1.165, 1.54) is 11.8 Å². The second-order valence-electron chi connectivity index (χ2n) is 10.0. The van der Waals surface area contributed by atoms with E-state index in [1.54, 1.807) is 4.90 Å². The number of hydrogen-bond donors (Lipinski definition) is 1. The highest BCUT2D eigenvalue weighted by atomic mass is 35.5. The van der Waals surface area contributed by atoms with Gasteiger partial charge in [0.1, 0.15) is 10.4 Å².